The molecule has 1 amide bonds. The normalized spacial score (nSPS) is 13.1. The summed E-state index contributed by atoms with van der Waals surface area (Å²) in [4.78, 5) is 22.1. The molecule has 9 heteroatoms. The van der Waals surface area contributed by atoms with Gasteiger partial charge in [-0.05, 0) is 5.56 Å². The molecule has 8 nitrogen and oxygen atoms in total. The fourth-order valence-electron chi connectivity index (χ4n) is 1.44. The number of amides is 1. The summed E-state index contributed by atoms with van der Waals surface area (Å²) in [6.45, 7) is 0.0556. The second-order valence-corrected chi connectivity index (χ2v) is 5.62. The number of nitrogens with two attached hydrogens (primary N) is 1. The third-order valence-electron chi connectivity index (χ3n) is 2.58. The molecule has 1 unspecified atom stereocenters. The summed E-state index contributed by atoms with van der Waals surface area (Å²) >= 11 is 0. The van der Waals surface area contributed by atoms with Gasteiger partial charge < -0.3 is 20.9 Å². The van der Waals surface area contributed by atoms with E-state index in [-0.39, 0.29) is 25.4 Å². The third-order valence-corrected chi connectivity index (χ3v) is 3.70. The molecule has 0 saturated heterocycles. The quantitative estimate of drug-likeness (QED) is 0.486. The summed E-state index contributed by atoms with van der Waals surface area (Å²) < 4.78 is 18.9. The summed E-state index contributed by atoms with van der Waals surface area (Å²) in [6, 6.07) is 8.10. The number of carbonyl (C=O) groups is 2. The molecule has 0 heterocycles. The van der Waals surface area contributed by atoms with Crippen molar-refractivity contribution >= 4 is 23.0 Å². The zero-order valence-corrected chi connectivity index (χ0v) is 12.7. The highest BCUT2D eigenvalue weighted by atomic mass is 32.2. The van der Waals surface area contributed by atoms with Gasteiger partial charge >= 0.3 is 12.1 Å². The number of ether oxygens (including phenoxy) is 1. The van der Waals surface area contributed by atoms with E-state index in [0.29, 0.717) is 0 Å². The molecule has 122 valence electrons. The SMILES string of the molecule is NC[C@H](NS(=O)CCNC(=O)OCc1ccccc1)C(=O)O. The Morgan fingerprint density at radius 2 is 2.00 bits per heavy atom. The molecular formula is C13H19N3O5S. The zero-order chi connectivity index (χ0) is 16.4. The minimum Gasteiger partial charge on any atom is -0.480 e. The van der Waals surface area contributed by atoms with Gasteiger partial charge in [-0.15, -0.1) is 0 Å². The van der Waals surface area contributed by atoms with Crippen molar-refractivity contribution in [3.8, 4) is 0 Å². The highest BCUT2D eigenvalue weighted by molar-refractivity contribution is 7.83. The first-order chi connectivity index (χ1) is 10.5. The number of hydrogen-bond acceptors (Lipinski definition) is 5. The van der Waals surface area contributed by atoms with Gasteiger partial charge in [0, 0.05) is 13.1 Å². The van der Waals surface area contributed by atoms with Crippen molar-refractivity contribution in [1.29, 1.82) is 0 Å². The maximum absolute atomic E-state index is 11.6. The number of aliphatic carboxylic acids is 1. The standard InChI is InChI=1S/C13H19N3O5S/c14-8-11(12(17)18)16-22(20)7-6-15-13(19)21-9-10-4-2-1-3-5-10/h1-5,11,16H,6-9,14H2,(H,15,19)(H,17,18)/t11-,22?/m0/s1. The first-order valence-electron chi connectivity index (χ1n) is 6.55. The van der Waals surface area contributed by atoms with E-state index in [1.165, 1.54) is 0 Å². The van der Waals surface area contributed by atoms with Crippen LogP contribution in [0.15, 0.2) is 30.3 Å². The van der Waals surface area contributed by atoms with Crippen LogP contribution in [0.2, 0.25) is 0 Å². The van der Waals surface area contributed by atoms with Crippen molar-refractivity contribution in [2.75, 3.05) is 18.8 Å². The lowest BCUT2D eigenvalue weighted by Gasteiger charge is -2.11. The molecule has 0 saturated carbocycles. The monoisotopic (exact) mass is 329 g/mol. The summed E-state index contributed by atoms with van der Waals surface area (Å²) in [5.74, 6) is -1.13. The minimum absolute atomic E-state index is 0.0459. The number of carboxylic acid groups (broad SMARTS) is 1. The zero-order valence-electron chi connectivity index (χ0n) is 11.9. The molecule has 1 aromatic rings. The molecular weight excluding hydrogens is 310 g/mol. The average Bonchev–Trinajstić information content (AvgIpc) is 2.51. The number of rotatable bonds is 9. The number of alkyl carbamates (subject to hydrolysis) is 1. The van der Waals surface area contributed by atoms with E-state index in [4.69, 9.17) is 15.6 Å². The molecule has 0 aliphatic rings. The number of carboxylic acids is 1. The Labute approximate surface area is 130 Å². The Balaban J connectivity index is 2.19. The summed E-state index contributed by atoms with van der Waals surface area (Å²) in [5.41, 5.74) is 6.08. The van der Waals surface area contributed by atoms with E-state index >= 15 is 0 Å². The van der Waals surface area contributed by atoms with E-state index < -0.39 is 29.1 Å². The molecule has 0 bridgehead atoms. The third kappa shape index (κ3) is 7.16. The molecule has 2 atom stereocenters. The van der Waals surface area contributed by atoms with Crippen LogP contribution in [0.5, 0.6) is 0 Å². The van der Waals surface area contributed by atoms with Crippen LogP contribution in [0.1, 0.15) is 5.56 Å². The van der Waals surface area contributed by atoms with E-state index in [2.05, 4.69) is 10.0 Å². The van der Waals surface area contributed by atoms with Gasteiger partial charge in [0.25, 0.3) is 0 Å². The van der Waals surface area contributed by atoms with E-state index in [1.807, 2.05) is 30.3 Å². The van der Waals surface area contributed by atoms with E-state index in [9.17, 15) is 13.8 Å². The van der Waals surface area contributed by atoms with Crippen molar-refractivity contribution in [3.63, 3.8) is 0 Å². The average molecular weight is 329 g/mol. The molecule has 0 aliphatic carbocycles. The van der Waals surface area contributed by atoms with Crippen molar-refractivity contribution in [2.24, 2.45) is 5.73 Å². The second kappa shape index (κ2) is 9.87. The van der Waals surface area contributed by atoms with Crippen molar-refractivity contribution < 1.29 is 23.6 Å². The minimum atomic E-state index is -1.61. The predicted octanol–water partition coefficient (Wildman–Crippen LogP) is -0.422. The Kier molecular flexibility index (Phi) is 8.11. The first kappa shape index (κ1) is 18.1. The summed E-state index contributed by atoms with van der Waals surface area (Å²) in [6.07, 6.45) is -0.630. The van der Waals surface area contributed by atoms with Crippen LogP contribution in [0.4, 0.5) is 4.79 Å². The maximum Gasteiger partial charge on any atom is 0.407 e. The van der Waals surface area contributed by atoms with E-state index in [0.717, 1.165) is 5.56 Å². The lowest BCUT2D eigenvalue weighted by atomic mass is 10.2. The van der Waals surface area contributed by atoms with Crippen molar-refractivity contribution in [2.45, 2.75) is 12.6 Å². The topological polar surface area (TPSA) is 131 Å². The fraction of sp³-hybridized carbons (Fsp3) is 0.385. The molecule has 5 N–H and O–H groups in total. The van der Waals surface area contributed by atoms with Gasteiger partial charge in [-0.3, -0.25) is 4.79 Å². The van der Waals surface area contributed by atoms with Crippen LogP contribution in [0.3, 0.4) is 0 Å². The molecule has 0 radical (unpaired) electrons. The van der Waals surface area contributed by atoms with Gasteiger partial charge in [-0.25, -0.2) is 13.7 Å². The largest absolute Gasteiger partial charge is 0.480 e. The van der Waals surface area contributed by atoms with Crippen LogP contribution >= 0.6 is 0 Å². The van der Waals surface area contributed by atoms with Crippen LogP contribution in [-0.4, -0.2) is 46.3 Å². The van der Waals surface area contributed by atoms with E-state index in [1.54, 1.807) is 0 Å². The Morgan fingerprint density at radius 1 is 1.32 bits per heavy atom. The molecule has 1 rings (SSSR count). The van der Waals surface area contributed by atoms with Gasteiger partial charge in [0.15, 0.2) is 0 Å². The molecule has 0 aromatic heterocycles. The van der Waals surface area contributed by atoms with Crippen LogP contribution < -0.4 is 15.8 Å². The molecule has 0 aliphatic heterocycles. The van der Waals surface area contributed by atoms with Crippen molar-refractivity contribution in [1.82, 2.24) is 10.0 Å². The molecule has 1 aromatic carbocycles. The summed E-state index contributed by atoms with van der Waals surface area (Å²) in [5, 5.41) is 11.2. The van der Waals surface area contributed by atoms with Gasteiger partial charge in [-0.1, -0.05) is 30.3 Å². The number of benzene rings is 1. The fourth-order valence-corrected chi connectivity index (χ4v) is 2.36. The van der Waals surface area contributed by atoms with Crippen molar-refractivity contribution in [3.05, 3.63) is 35.9 Å². The Bertz CT molecular complexity index is 512. The lowest BCUT2D eigenvalue weighted by Crippen LogP contribution is -2.45. The number of hydrogen-bond donors (Lipinski definition) is 4. The number of carbonyl (C=O) groups excluding carboxylic acids is 1. The highest BCUT2D eigenvalue weighted by Crippen LogP contribution is 2.00. The highest BCUT2D eigenvalue weighted by Gasteiger charge is 2.17. The maximum atomic E-state index is 11.6. The summed E-state index contributed by atoms with van der Waals surface area (Å²) in [7, 11) is -1.61. The predicted molar refractivity (Wildman–Crippen MR) is 81.3 cm³/mol. The van der Waals surface area contributed by atoms with Crippen LogP contribution in [0, 0.1) is 0 Å². The van der Waals surface area contributed by atoms with Crippen LogP contribution in [0.25, 0.3) is 0 Å². The van der Waals surface area contributed by atoms with Gasteiger partial charge in [0.2, 0.25) is 0 Å². The first-order valence-corrected chi connectivity index (χ1v) is 7.86. The van der Waals surface area contributed by atoms with Gasteiger partial charge in [-0.2, -0.15) is 0 Å². The van der Waals surface area contributed by atoms with Gasteiger partial charge in [0.05, 0.1) is 16.7 Å². The molecule has 0 fully saturated rings. The lowest BCUT2D eigenvalue weighted by molar-refractivity contribution is -0.138. The second-order valence-electron chi connectivity index (χ2n) is 4.28. The Morgan fingerprint density at radius 3 is 2.59 bits per heavy atom. The Hall–Kier alpha value is -1.97. The number of nitrogens with one attached hydrogen (secondary N) is 2. The smallest absolute Gasteiger partial charge is 0.407 e. The van der Waals surface area contributed by atoms with Crippen LogP contribution in [-0.2, 0) is 27.1 Å². The molecule has 22 heavy (non-hydrogen) atoms. The van der Waals surface area contributed by atoms with Gasteiger partial charge in [0.1, 0.15) is 12.6 Å². The molecule has 0 spiro atoms.